The molecule has 1 atom stereocenters. The van der Waals surface area contributed by atoms with Gasteiger partial charge in [0.05, 0.1) is 0 Å². The van der Waals surface area contributed by atoms with Crippen LogP contribution in [0.1, 0.15) is 18.5 Å². The number of likely N-dealkylation sites (tertiary alicyclic amines) is 1. The lowest BCUT2D eigenvalue weighted by Crippen LogP contribution is -2.63. The highest BCUT2D eigenvalue weighted by molar-refractivity contribution is 5.88. The van der Waals surface area contributed by atoms with Crippen molar-refractivity contribution in [3.63, 3.8) is 0 Å². The average molecular weight is 341 g/mol. The lowest BCUT2D eigenvalue weighted by molar-refractivity contribution is -0.151. The van der Waals surface area contributed by atoms with Crippen molar-refractivity contribution in [1.29, 1.82) is 0 Å². The van der Waals surface area contributed by atoms with Crippen molar-refractivity contribution < 1.29 is 9.59 Å². The Hall–Kier alpha value is -2.41. The molecule has 0 aromatic carbocycles. The molecule has 2 aromatic heterocycles. The molecular formula is C18H23N5O2. The first-order chi connectivity index (χ1) is 12.0. The summed E-state index contributed by atoms with van der Waals surface area (Å²) in [7, 11) is 1.99. The molecule has 0 saturated carbocycles. The number of likely N-dealkylation sites (N-methyl/N-ethyl adjacent to an activating group) is 1. The van der Waals surface area contributed by atoms with E-state index in [1.165, 1.54) is 0 Å². The van der Waals surface area contributed by atoms with Crippen molar-refractivity contribution in [3.05, 3.63) is 30.1 Å². The summed E-state index contributed by atoms with van der Waals surface area (Å²) in [5.74, 6) is 0.350. The van der Waals surface area contributed by atoms with Crippen molar-refractivity contribution in [3.8, 4) is 0 Å². The van der Waals surface area contributed by atoms with Crippen molar-refractivity contribution in [2.75, 3.05) is 39.8 Å². The van der Waals surface area contributed by atoms with E-state index in [1.54, 1.807) is 18.0 Å². The van der Waals surface area contributed by atoms with Gasteiger partial charge in [0.1, 0.15) is 11.7 Å². The molecule has 4 rings (SSSR count). The zero-order valence-corrected chi connectivity index (χ0v) is 14.6. The van der Waals surface area contributed by atoms with E-state index in [9.17, 15) is 9.59 Å². The van der Waals surface area contributed by atoms with Gasteiger partial charge in [-0.3, -0.25) is 9.59 Å². The van der Waals surface area contributed by atoms with Gasteiger partial charge < -0.3 is 19.7 Å². The number of H-pyrrole nitrogens is 1. The second-order valence-electron chi connectivity index (χ2n) is 7.10. The molecular weight excluding hydrogens is 318 g/mol. The van der Waals surface area contributed by atoms with Crippen LogP contribution in [0.25, 0.3) is 11.0 Å². The summed E-state index contributed by atoms with van der Waals surface area (Å²) < 4.78 is 0. The topological polar surface area (TPSA) is 72.5 Å². The fourth-order valence-electron chi connectivity index (χ4n) is 3.77. The number of hydrogen-bond acceptors (Lipinski definition) is 4. The van der Waals surface area contributed by atoms with Crippen LogP contribution in [0, 0.1) is 0 Å². The van der Waals surface area contributed by atoms with Crippen LogP contribution in [0.15, 0.2) is 24.4 Å². The molecule has 7 nitrogen and oxygen atoms in total. The van der Waals surface area contributed by atoms with E-state index in [2.05, 4.69) is 20.9 Å². The van der Waals surface area contributed by atoms with Crippen LogP contribution in [-0.4, -0.2) is 82.3 Å². The summed E-state index contributed by atoms with van der Waals surface area (Å²) in [5, 5.41) is 1.10. The minimum Gasteiger partial charge on any atom is -0.343 e. The van der Waals surface area contributed by atoms with Crippen LogP contribution in [0.2, 0.25) is 0 Å². The third kappa shape index (κ3) is 2.89. The van der Waals surface area contributed by atoms with Gasteiger partial charge in [-0.25, -0.2) is 4.98 Å². The molecule has 132 valence electrons. The molecule has 0 spiro atoms. The van der Waals surface area contributed by atoms with Crippen molar-refractivity contribution >= 4 is 22.8 Å². The minimum atomic E-state index is -0.360. The number of aromatic amines is 1. The van der Waals surface area contributed by atoms with Gasteiger partial charge in [-0.05, 0) is 25.2 Å². The van der Waals surface area contributed by atoms with Crippen molar-refractivity contribution in [2.45, 2.75) is 18.9 Å². The Morgan fingerprint density at radius 2 is 2.04 bits per heavy atom. The highest BCUT2D eigenvalue weighted by Gasteiger charge is 2.40. The van der Waals surface area contributed by atoms with Crippen LogP contribution in [0.5, 0.6) is 0 Å². The molecule has 4 heterocycles. The molecule has 2 fully saturated rings. The number of rotatable bonds is 2. The quantitative estimate of drug-likeness (QED) is 0.871. The van der Waals surface area contributed by atoms with Crippen molar-refractivity contribution in [2.24, 2.45) is 0 Å². The molecule has 2 saturated heterocycles. The largest absolute Gasteiger partial charge is 0.343 e. The monoisotopic (exact) mass is 341 g/mol. The molecule has 2 aliphatic rings. The standard InChI is InChI=1S/C18H23N5O2/c1-12(24)23-7-6-21(2)11-16(23)18(25)22-9-14(10-22)15-8-13-4-3-5-19-17(13)20-15/h3-5,8,14,16H,6-7,9-11H2,1-2H3,(H,19,20). The van der Waals surface area contributed by atoms with Gasteiger partial charge in [-0.1, -0.05) is 0 Å². The molecule has 1 N–H and O–H groups in total. The number of pyridine rings is 1. The maximum atomic E-state index is 12.9. The fraction of sp³-hybridized carbons (Fsp3) is 0.500. The van der Waals surface area contributed by atoms with Gasteiger partial charge in [0.15, 0.2) is 0 Å². The second kappa shape index (κ2) is 6.15. The highest BCUT2D eigenvalue weighted by atomic mass is 16.2. The Labute approximate surface area is 146 Å². The van der Waals surface area contributed by atoms with E-state index in [0.717, 1.165) is 23.3 Å². The van der Waals surface area contributed by atoms with Crippen LogP contribution in [-0.2, 0) is 9.59 Å². The van der Waals surface area contributed by atoms with E-state index in [4.69, 9.17) is 0 Å². The zero-order chi connectivity index (χ0) is 17.6. The second-order valence-corrected chi connectivity index (χ2v) is 7.10. The predicted octanol–water partition coefficient (Wildman–Crippen LogP) is 0.651. The van der Waals surface area contributed by atoms with E-state index in [1.807, 2.05) is 24.1 Å². The molecule has 0 aliphatic carbocycles. The number of hydrogen-bond donors (Lipinski definition) is 1. The van der Waals surface area contributed by atoms with Gasteiger partial charge in [0, 0.05) is 62.8 Å². The van der Waals surface area contributed by atoms with Crippen LogP contribution >= 0.6 is 0 Å². The molecule has 2 aromatic rings. The molecule has 2 amide bonds. The predicted molar refractivity (Wildman–Crippen MR) is 94.1 cm³/mol. The Kier molecular flexibility index (Phi) is 3.95. The number of aromatic nitrogens is 2. The smallest absolute Gasteiger partial charge is 0.246 e. The van der Waals surface area contributed by atoms with E-state index in [0.29, 0.717) is 32.1 Å². The Bertz CT molecular complexity index is 778. The minimum absolute atomic E-state index is 0.0229. The van der Waals surface area contributed by atoms with Crippen LogP contribution < -0.4 is 0 Å². The van der Waals surface area contributed by atoms with Gasteiger partial charge in [-0.2, -0.15) is 0 Å². The number of carbonyl (C=O) groups excluding carboxylic acids is 2. The van der Waals surface area contributed by atoms with Gasteiger partial charge in [-0.15, -0.1) is 0 Å². The lowest BCUT2D eigenvalue weighted by Gasteiger charge is -2.45. The molecule has 2 aliphatic heterocycles. The maximum absolute atomic E-state index is 12.9. The zero-order valence-electron chi connectivity index (χ0n) is 14.6. The van der Waals surface area contributed by atoms with Crippen LogP contribution in [0.3, 0.4) is 0 Å². The molecule has 0 radical (unpaired) electrons. The number of piperazine rings is 1. The first-order valence-corrected chi connectivity index (χ1v) is 8.71. The molecule has 0 bridgehead atoms. The Morgan fingerprint density at radius 3 is 2.76 bits per heavy atom. The third-order valence-electron chi connectivity index (χ3n) is 5.32. The number of fused-ring (bicyclic) bond motifs is 1. The lowest BCUT2D eigenvalue weighted by atomic mass is 9.94. The Balaban J connectivity index is 1.43. The van der Waals surface area contributed by atoms with E-state index in [-0.39, 0.29) is 17.9 Å². The van der Waals surface area contributed by atoms with E-state index >= 15 is 0 Å². The van der Waals surface area contributed by atoms with Crippen LogP contribution in [0.4, 0.5) is 0 Å². The Morgan fingerprint density at radius 1 is 1.24 bits per heavy atom. The van der Waals surface area contributed by atoms with Gasteiger partial charge in [0.2, 0.25) is 11.8 Å². The van der Waals surface area contributed by atoms with Gasteiger partial charge >= 0.3 is 0 Å². The number of nitrogens with zero attached hydrogens (tertiary/aromatic N) is 4. The summed E-state index contributed by atoms with van der Waals surface area (Å²) in [6.07, 6.45) is 1.77. The first-order valence-electron chi connectivity index (χ1n) is 8.71. The SMILES string of the molecule is CC(=O)N1CCN(C)CC1C(=O)N1CC(c2cc3cccnc3[nH]2)C1. The van der Waals surface area contributed by atoms with Crippen molar-refractivity contribution in [1.82, 2.24) is 24.7 Å². The summed E-state index contributed by atoms with van der Waals surface area (Å²) in [4.78, 5) is 38.1. The number of carbonyl (C=O) groups is 2. The third-order valence-corrected chi connectivity index (χ3v) is 5.32. The number of nitrogens with one attached hydrogen (secondary N) is 1. The molecule has 7 heteroatoms. The normalized spacial score (nSPS) is 22.2. The summed E-state index contributed by atoms with van der Waals surface area (Å²) in [6.45, 7) is 4.97. The maximum Gasteiger partial charge on any atom is 0.246 e. The average Bonchev–Trinajstić information content (AvgIpc) is 2.96. The first kappa shape index (κ1) is 16.1. The summed E-state index contributed by atoms with van der Waals surface area (Å²) in [6, 6.07) is 5.71. The van der Waals surface area contributed by atoms with E-state index < -0.39 is 0 Å². The number of amides is 2. The van der Waals surface area contributed by atoms with Gasteiger partial charge in [0.25, 0.3) is 0 Å². The summed E-state index contributed by atoms with van der Waals surface area (Å²) >= 11 is 0. The fourth-order valence-corrected chi connectivity index (χ4v) is 3.77. The molecule has 25 heavy (non-hydrogen) atoms. The molecule has 1 unspecified atom stereocenters. The summed E-state index contributed by atoms with van der Waals surface area (Å²) in [5.41, 5.74) is 2.01. The highest BCUT2D eigenvalue weighted by Crippen LogP contribution is 2.29.